The molecule has 0 atom stereocenters. The number of benzene rings is 1. The van der Waals surface area contributed by atoms with Gasteiger partial charge in [0.25, 0.3) is 0 Å². The van der Waals surface area contributed by atoms with Crippen molar-refractivity contribution < 1.29 is 4.39 Å². The lowest BCUT2D eigenvalue weighted by molar-refractivity contribution is 0.624. The van der Waals surface area contributed by atoms with Gasteiger partial charge in [-0.25, -0.2) is 14.4 Å². The highest BCUT2D eigenvalue weighted by Crippen LogP contribution is 2.22. The molecule has 0 saturated carbocycles. The van der Waals surface area contributed by atoms with Crippen molar-refractivity contribution in [3.05, 3.63) is 50.7 Å². The molecular formula is C16H19FIN3. The maximum Gasteiger partial charge on any atom is 0.143 e. The van der Waals surface area contributed by atoms with Crippen LogP contribution in [0.2, 0.25) is 0 Å². The van der Waals surface area contributed by atoms with Crippen LogP contribution in [-0.2, 0) is 12.8 Å². The molecule has 112 valence electrons. The zero-order valence-electron chi connectivity index (χ0n) is 12.5. The van der Waals surface area contributed by atoms with E-state index >= 15 is 0 Å². The van der Waals surface area contributed by atoms with Crippen LogP contribution in [0, 0.1) is 15.3 Å². The van der Waals surface area contributed by atoms with Gasteiger partial charge in [-0.05, 0) is 52.6 Å². The quantitative estimate of drug-likeness (QED) is 0.771. The number of aromatic nitrogens is 2. The highest BCUT2D eigenvalue weighted by Gasteiger charge is 2.13. The van der Waals surface area contributed by atoms with Gasteiger partial charge in [0, 0.05) is 13.5 Å². The van der Waals surface area contributed by atoms with Gasteiger partial charge in [0.2, 0.25) is 0 Å². The van der Waals surface area contributed by atoms with E-state index < -0.39 is 0 Å². The first-order valence-electron chi connectivity index (χ1n) is 6.97. The van der Waals surface area contributed by atoms with Gasteiger partial charge in [0.05, 0.1) is 9.26 Å². The first-order chi connectivity index (χ1) is 9.99. The van der Waals surface area contributed by atoms with Crippen LogP contribution in [0.25, 0.3) is 0 Å². The summed E-state index contributed by atoms with van der Waals surface area (Å²) >= 11 is 2.28. The second-order valence-electron chi connectivity index (χ2n) is 5.40. The number of nitrogens with one attached hydrogen (secondary N) is 1. The van der Waals surface area contributed by atoms with Crippen LogP contribution in [0.3, 0.4) is 0 Å². The van der Waals surface area contributed by atoms with Crippen molar-refractivity contribution in [1.29, 1.82) is 0 Å². The second-order valence-corrected chi connectivity index (χ2v) is 6.48. The summed E-state index contributed by atoms with van der Waals surface area (Å²) in [5.41, 5.74) is 1.94. The topological polar surface area (TPSA) is 37.8 Å². The summed E-state index contributed by atoms with van der Waals surface area (Å²) < 4.78 is 14.3. The maximum atomic E-state index is 13.3. The summed E-state index contributed by atoms with van der Waals surface area (Å²) in [5, 5.41) is 3.11. The molecule has 1 N–H and O–H groups in total. The molecule has 3 nitrogen and oxygen atoms in total. The summed E-state index contributed by atoms with van der Waals surface area (Å²) in [6.45, 7) is 4.34. The Hall–Kier alpha value is -1.24. The van der Waals surface area contributed by atoms with Crippen LogP contribution in [0.5, 0.6) is 0 Å². The molecule has 1 aromatic heterocycles. The number of hydrogen-bond donors (Lipinski definition) is 1. The monoisotopic (exact) mass is 399 g/mol. The molecule has 1 aromatic carbocycles. The minimum atomic E-state index is -0.228. The summed E-state index contributed by atoms with van der Waals surface area (Å²) in [7, 11) is 1.86. The van der Waals surface area contributed by atoms with Crippen LogP contribution in [0.1, 0.15) is 30.9 Å². The lowest BCUT2D eigenvalue weighted by Gasteiger charge is -2.12. The second kappa shape index (κ2) is 7.15. The van der Waals surface area contributed by atoms with Crippen molar-refractivity contribution in [2.45, 2.75) is 26.7 Å². The number of anilines is 1. The summed E-state index contributed by atoms with van der Waals surface area (Å²) in [5.74, 6) is 1.86. The van der Waals surface area contributed by atoms with E-state index in [4.69, 9.17) is 0 Å². The Kier molecular flexibility index (Phi) is 5.50. The van der Waals surface area contributed by atoms with Gasteiger partial charge < -0.3 is 5.32 Å². The van der Waals surface area contributed by atoms with Gasteiger partial charge in [-0.15, -0.1) is 0 Å². The maximum absolute atomic E-state index is 13.3. The molecule has 2 rings (SSSR count). The molecule has 21 heavy (non-hydrogen) atoms. The fourth-order valence-electron chi connectivity index (χ4n) is 2.14. The van der Waals surface area contributed by atoms with E-state index in [9.17, 15) is 4.39 Å². The standard InChI is InChI=1S/C16H19FIN3/c1-10(2)7-13-15(18)16(19-3)21-14(20-13)9-11-5-4-6-12(17)8-11/h4-6,8,10H,7,9H2,1-3H3,(H,19,20,21). The van der Waals surface area contributed by atoms with Gasteiger partial charge in [-0.3, -0.25) is 0 Å². The fraction of sp³-hybridized carbons (Fsp3) is 0.375. The molecular weight excluding hydrogens is 380 g/mol. The van der Waals surface area contributed by atoms with Crippen LogP contribution in [-0.4, -0.2) is 17.0 Å². The Morgan fingerprint density at radius 1 is 1.29 bits per heavy atom. The van der Waals surface area contributed by atoms with E-state index in [1.54, 1.807) is 6.07 Å². The van der Waals surface area contributed by atoms with Crippen molar-refractivity contribution in [1.82, 2.24) is 9.97 Å². The van der Waals surface area contributed by atoms with Crippen LogP contribution in [0.4, 0.5) is 10.2 Å². The molecule has 0 fully saturated rings. The van der Waals surface area contributed by atoms with E-state index in [2.05, 4.69) is 51.7 Å². The Morgan fingerprint density at radius 2 is 2.05 bits per heavy atom. The molecule has 5 heteroatoms. The van der Waals surface area contributed by atoms with Gasteiger partial charge in [-0.1, -0.05) is 26.0 Å². The molecule has 0 aliphatic rings. The minimum Gasteiger partial charge on any atom is -0.372 e. The molecule has 0 aliphatic carbocycles. The highest BCUT2D eigenvalue weighted by molar-refractivity contribution is 14.1. The fourth-order valence-corrected chi connectivity index (χ4v) is 2.87. The average Bonchev–Trinajstić information content (AvgIpc) is 2.41. The Bertz CT molecular complexity index is 629. The van der Waals surface area contributed by atoms with E-state index in [-0.39, 0.29) is 5.82 Å². The molecule has 0 amide bonds. The van der Waals surface area contributed by atoms with Crippen LogP contribution < -0.4 is 5.32 Å². The van der Waals surface area contributed by atoms with Crippen LogP contribution >= 0.6 is 22.6 Å². The van der Waals surface area contributed by atoms with E-state index in [0.29, 0.717) is 12.3 Å². The molecule has 0 spiro atoms. The first-order valence-corrected chi connectivity index (χ1v) is 8.05. The zero-order valence-corrected chi connectivity index (χ0v) is 14.6. The highest BCUT2D eigenvalue weighted by atomic mass is 127. The van der Waals surface area contributed by atoms with Crippen molar-refractivity contribution in [3.63, 3.8) is 0 Å². The summed E-state index contributed by atoms with van der Waals surface area (Å²) in [6.07, 6.45) is 1.44. The third-order valence-corrected chi connectivity index (χ3v) is 4.19. The number of halogens is 2. The van der Waals surface area contributed by atoms with Crippen molar-refractivity contribution in [2.24, 2.45) is 5.92 Å². The largest absolute Gasteiger partial charge is 0.372 e. The third-order valence-electron chi connectivity index (χ3n) is 3.06. The Balaban J connectivity index is 2.34. The SMILES string of the molecule is CNc1nc(Cc2cccc(F)c2)nc(CC(C)C)c1I. The Labute approximate surface area is 138 Å². The molecule has 2 aromatic rings. The lowest BCUT2D eigenvalue weighted by Crippen LogP contribution is -2.10. The van der Waals surface area contributed by atoms with Gasteiger partial charge in [0.1, 0.15) is 17.5 Å². The summed E-state index contributed by atoms with van der Waals surface area (Å²) in [4.78, 5) is 9.20. The van der Waals surface area contributed by atoms with Crippen molar-refractivity contribution >= 4 is 28.4 Å². The van der Waals surface area contributed by atoms with Crippen molar-refractivity contribution in [3.8, 4) is 0 Å². The van der Waals surface area contributed by atoms with Gasteiger partial charge in [-0.2, -0.15) is 0 Å². The molecule has 0 bridgehead atoms. The molecule has 0 unspecified atom stereocenters. The zero-order chi connectivity index (χ0) is 15.4. The predicted octanol–water partition coefficient (Wildman–Crippen LogP) is 4.05. The van der Waals surface area contributed by atoms with E-state index in [1.807, 2.05) is 13.1 Å². The minimum absolute atomic E-state index is 0.228. The average molecular weight is 399 g/mol. The molecule has 0 radical (unpaired) electrons. The van der Waals surface area contributed by atoms with E-state index in [0.717, 1.165) is 32.9 Å². The van der Waals surface area contributed by atoms with Gasteiger partial charge >= 0.3 is 0 Å². The molecule has 0 saturated heterocycles. The van der Waals surface area contributed by atoms with Crippen LogP contribution in [0.15, 0.2) is 24.3 Å². The number of hydrogen-bond acceptors (Lipinski definition) is 3. The number of rotatable bonds is 5. The third kappa shape index (κ3) is 4.36. The Morgan fingerprint density at radius 3 is 2.67 bits per heavy atom. The number of nitrogens with zero attached hydrogens (tertiary/aromatic N) is 2. The predicted molar refractivity (Wildman–Crippen MR) is 92.0 cm³/mol. The molecule has 0 aliphatic heterocycles. The summed E-state index contributed by atoms with van der Waals surface area (Å²) in [6, 6.07) is 6.58. The first kappa shape index (κ1) is 16.1. The molecule has 1 heterocycles. The lowest BCUT2D eigenvalue weighted by atomic mass is 10.1. The van der Waals surface area contributed by atoms with Crippen molar-refractivity contribution in [2.75, 3.05) is 12.4 Å². The van der Waals surface area contributed by atoms with Gasteiger partial charge in [0.15, 0.2) is 0 Å². The normalized spacial score (nSPS) is 11.0. The smallest absolute Gasteiger partial charge is 0.143 e. The van der Waals surface area contributed by atoms with E-state index in [1.165, 1.54) is 12.1 Å².